The zero-order chi connectivity index (χ0) is 14.3. The van der Waals surface area contributed by atoms with Crippen LogP contribution in [-0.4, -0.2) is 33.5 Å². The van der Waals surface area contributed by atoms with Gasteiger partial charge in [-0.2, -0.15) is 0 Å². The van der Waals surface area contributed by atoms with Crippen molar-refractivity contribution in [3.05, 3.63) is 35.4 Å². The average molecular weight is 283 g/mol. The molecule has 0 radical (unpaired) electrons. The zero-order valence-corrected chi connectivity index (χ0v) is 11.5. The number of hydrogen-bond donors (Lipinski definition) is 2. The molecule has 6 heteroatoms. The van der Waals surface area contributed by atoms with E-state index in [-0.39, 0.29) is 23.0 Å². The monoisotopic (exact) mass is 283 g/mol. The first-order valence-corrected chi connectivity index (χ1v) is 7.45. The van der Waals surface area contributed by atoms with Gasteiger partial charge in [0, 0.05) is 23.1 Å². The van der Waals surface area contributed by atoms with Crippen LogP contribution in [-0.2, 0) is 21.3 Å². The molecule has 1 atom stereocenters. The van der Waals surface area contributed by atoms with E-state index in [2.05, 4.69) is 5.32 Å². The predicted octanol–water partition coefficient (Wildman–Crippen LogP) is 1.16. The van der Waals surface area contributed by atoms with E-state index in [0.29, 0.717) is 12.1 Å². The summed E-state index contributed by atoms with van der Waals surface area (Å²) >= 11 is 0. The lowest BCUT2D eigenvalue weighted by atomic mass is 10.1. The predicted molar refractivity (Wildman–Crippen MR) is 73.4 cm³/mol. The van der Waals surface area contributed by atoms with Crippen LogP contribution in [0.15, 0.2) is 24.3 Å². The van der Waals surface area contributed by atoms with Gasteiger partial charge in [-0.25, -0.2) is 4.79 Å². The van der Waals surface area contributed by atoms with Crippen LogP contribution < -0.4 is 5.32 Å². The summed E-state index contributed by atoms with van der Waals surface area (Å²) in [4.78, 5) is 22.2. The van der Waals surface area contributed by atoms with Gasteiger partial charge in [-0.3, -0.25) is 9.00 Å². The number of nitrogens with one attached hydrogen (secondary N) is 1. The second kappa shape index (κ2) is 7.68. The van der Waals surface area contributed by atoms with E-state index in [1.54, 1.807) is 12.1 Å². The fourth-order valence-electron chi connectivity index (χ4n) is 1.49. The highest BCUT2D eigenvalue weighted by Gasteiger charge is 2.09. The summed E-state index contributed by atoms with van der Waals surface area (Å²) in [5, 5.41) is 11.5. The van der Waals surface area contributed by atoms with Crippen molar-refractivity contribution in [1.29, 1.82) is 0 Å². The minimum atomic E-state index is -1.33. The number of benzene rings is 1. The standard InChI is InChI=1S/C13H17NO4S/c1-2-6-14-12(15)9-19(18)8-10-4-3-5-11(7-10)13(16)17/h3-5,7H,2,6,8-9H2,1H3,(H,14,15)(H,16,17). The molecule has 5 nitrogen and oxygen atoms in total. The second-order valence-corrected chi connectivity index (χ2v) is 5.54. The summed E-state index contributed by atoms with van der Waals surface area (Å²) in [6.45, 7) is 2.51. The molecule has 19 heavy (non-hydrogen) atoms. The van der Waals surface area contributed by atoms with Gasteiger partial charge >= 0.3 is 5.97 Å². The van der Waals surface area contributed by atoms with Gasteiger partial charge < -0.3 is 10.4 Å². The molecule has 0 aliphatic heterocycles. The third kappa shape index (κ3) is 5.65. The van der Waals surface area contributed by atoms with Crippen molar-refractivity contribution < 1.29 is 18.9 Å². The molecule has 0 aromatic heterocycles. The molecular weight excluding hydrogens is 266 g/mol. The Morgan fingerprint density at radius 3 is 2.74 bits per heavy atom. The van der Waals surface area contributed by atoms with Crippen molar-refractivity contribution in [3.63, 3.8) is 0 Å². The van der Waals surface area contributed by atoms with Crippen LogP contribution >= 0.6 is 0 Å². The third-order valence-electron chi connectivity index (χ3n) is 2.37. The Bertz CT molecular complexity index is 487. The maximum absolute atomic E-state index is 11.8. The molecule has 1 unspecified atom stereocenters. The van der Waals surface area contributed by atoms with E-state index in [0.717, 1.165) is 6.42 Å². The molecule has 0 aliphatic carbocycles. The molecule has 0 saturated carbocycles. The molecule has 1 amide bonds. The van der Waals surface area contributed by atoms with Crippen LogP contribution in [0.4, 0.5) is 0 Å². The first-order valence-electron chi connectivity index (χ1n) is 5.97. The van der Waals surface area contributed by atoms with Gasteiger partial charge in [0.2, 0.25) is 5.91 Å². The van der Waals surface area contributed by atoms with Gasteiger partial charge in [0.05, 0.1) is 5.56 Å². The van der Waals surface area contributed by atoms with Crippen LogP contribution in [0.25, 0.3) is 0 Å². The van der Waals surface area contributed by atoms with E-state index in [4.69, 9.17) is 5.11 Å². The number of rotatable bonds is 7. The lowest BCUT2D eigenvalue weighted by molar-refractivity contribution is -0.118. The van der Waals surface area contributed by atoms with Crippen molar-refractivity contribution in [1.82, 2.24) is 5.32 Å². The zero-order valence-electron chi connectivity index (χ0n) is 10.7. The lowest BCUT2D eigenvalue weighted by Crippen LogP contribution is -2.29. The number of carboxylic acid groups (broad SMARTS) is 1. The van der Waals surface area contributed by atoms with Crippen LogP contribution in [0.2, 0.25) is 0 Å². The number of amides is 1. The molecule has 2 N–H and O–H groups in total. The second-order valence-electron chi connectivity index (χ2n) is 4.08. The van der Waals surface area contributed by atoms with E-state index in [9.17, 15) is 13.8 Å². The number of aromatic carboxylic acids is 1. The Hall–Kier alpha value is -1.69. The van der Waals surface area contributed by atoms with Gasteiger partial charge in [-0.15, -0.1) is 0 Å². The third-order valence-corrected chi connectivity index (χ3v) is 3.61. The van der Waals surface area contributed by atoms with Crippen molar-refractivity contribution in [2.45, 2.75) is 19.1 Å². The number of carbonyl (C=O) groups excluding carboxylic acids is 1. The van der Waals surface area contributed by atoms with Crippen molar-refractivity contribution in [2.24, 2.45) is 0 Å². The minimum Gasteiger partial charge on any atom is -0.478 e. The van der Waals surface area contributed by atoms with Crippen LogP contribution in [0.1, 0.15) is 29.3 Å². The van der Waals surface area contributed by atoms with Gasteiger partial charge in [-0.05, 0) is 24.1 Å². The molecule has 1 aromatic rings. The maximum Gasteiger partial charge on any atom is 0.335 e. The summed E-state index contributed by atoms with van der Waals surface area (Å²) in [5.41, 5.74) is 0.812. The summed E-state index contributed by atoms with van der Waals surface area (Å²) in [6, 6.07) is 6.26. The number of carboxylic acids is 1. The first kappa shape index (κ1) is 15.4. The van der Waals surface area contributed by atoms with Crippen LogP contribution in [0.3, 0.4) is 0 Å². The van der Waals surface area contributed by atoms with Crippen molar-refractivity contribution in [2.75, 3.05) is 12.3 Å². The summed E-state index contributed by atoms with van der Waals surface area (Å²) in [6.07, 6.45) is 0.832. The van der Waals surface area contributed by atoms with E-state index in [1.807, 2.05) is 6.92 Å². The quantitative estimate of drug-likeness (QED) is 0.786. The SMILES string of the molecule is CCCNC(=O)CS(=O)Cc1cccc(C(=O)O)c1. The molecule has 0 heterocycles. The highest BCUT2D eigenvalue weighted by atomic mass is 32.2. The van der Waals surface area contributed by atoms with Gasteiger partial charge in [0.15, 0.2) is 0 Å². The molecule has 0 aliphatic rings. The number of hydrogen-bond acceptors (Lipinski definition) is 3. The van der Waals surface area contributed by atoms with E-state index >= 15 is 0 Å². The van der Waals surface area contributed by atoms with Crippen molar-refractivity contribution >= 4 is 22.7 Å². The molecule has 104 valence electrons. The lowest BCUT2D eigenvalue weighted by Gasteiger charge is -2.05. The maximum atomic E-state index is 11.8. The molecule has 0 bridgehead atoms. The van der Waals surface area contributed by atoms with Crippen molar-refractivity contribution in [3.8, 4) is 0 Å². The average Bonchev–Trinajstić information content (AvgIpc) is 2.36. The molecule has 1 aromatic carbocycles. The van der Waals surface area contributed by atoms with E-state index in [1.165, 1.54) is 12.1 Å². The Kier molecular flexibility index (Phi) is 6.21. The summed E-state index contributed by atoms with van der Waals surface area (Å²) in [7, 11) is -1.33. The van der Waals surface area contributed by atoms with Gasteiger partial charge in [0.25, 0.3) is 0 Å². The van der Waals surface area contributed by atoms with E-state index < -0.39 is 16.8 Å². The Morgan fingerprint density at radius 1 is 1.37 bits per heavy atom. The largest absolute Gasteiger partial charge is 0.478 e. The number of carbonyl (C=O) groups is 2. The molecule has 0 saturated heterocycles. The van der Waals surface area contributed by atoms with Crippen LogP contribution in [0.5, 0.6) is 0 Å². The summed E-state index contributed by atoms with van der Waals surface area (Å²) in [5.74, 6) is -1.14. The van der Waals surface area contributed by atoms with Gasteiger partial charge in [0.1, 0.15) is 5.75 Å². The molecular formula is C13H17NO4S. The molecule has 0 fully saturated rings. The fourth-order valence-corrected chi connectivity index (χ4v) is 2.54. The molecule has 1 rings (SSSR count). The summed E-state index contributed by atoms with van der Waals surface area (Å²) < 4.78 is 11.8. The normalized spacial score (nSPS) is 11.8. The highest BCUT2D eigenvalue weighted by molar-refractivity contribution is 7.84. The topological polar surface area (TPSA) is 83.5 Å². The Labute approximate surface area is 114 Å². The smallest absolute Gasteiger partial charge is 0.335 e. The Morgan fingerprint density at radius 2 is 2.11 bits per heavy atom. The highest BCUT2D eigenvalue weighted by Crippen LogP contribution is 2.08. The molecule has 0 spiro atoms. The Balaban J connectivity index is 2.55. The minimum absolute atomic E-state index is 0.0582. The fraction of sp³-hybridized carbons (Fsp3) is 0.385. The first-order chi connectivity index (χ1) is 9.02. The van der Waals surface area contributed by atoms with Gasteiger partial charge in [-0.1, -0.05) is 19.1 Å². The van der Waals surface area contributed by atoms with Crippen LogP contribution in [0, 0.1) is 0 Å².